The van der Waals surface area contributed by atoms with Gasteiger partial charge in [-0.15, -0.1) is 0 Å². The van der Waals surface area contributed by atoms with E-state index >= 15 is 0 Å². The van der Waals surface area contributed by atoms with E-state index < -0.39 is 22.5 Å². The Labute approximate surface area is 213 Å². The molecule has 3 heterocycles. The molecule has 190 valence electrons. The lowest BCUT2D eigenvalue weighted by Crippen LogP contribution is -2.28. The zero-order valence-electron chi connectivity index (χ0n) is 21.4. The van der Waals surface area contributed by atoms with E-state index in [2.05, 4.69) is 6.58 Å². The van der Waals surface area contributed by atoms with Crippen LogP contribution in [0.1, 0.15) is 62.8 Å². The van der Waals surface area contributed by atoms with Crippen molar-refractivity contribution in [2.75, 3.05) is 0 Å². The lowest BCUT2D eigenvalue weighted by atomic mass is 9.76. The molecule has 0 saturated carbocycles. The maximum atomic E-state index is 13.9. The van der Waals surface area contributed by atoms with E-state index in [1.165, 1.54) is 6.07 Å². The molecule has 1 unspecified atom stereocenters. The van der Waals surface area contributed by atoms with Crippen molar-refractivity contribution in [2.45, 2.75) is 58.2 Å². The van der Waals surface area contributed by atoms with Crippen molar-refractivity contribution in [2.24, 2.45) is 0 Å². The Morgan fingerprint density at radius 3 is 2.32 bits per heavy atom. The first-order valence-corrected chi connectivity index (χ1v) is 12.2. The van der Waals surface area contributed by atoms with Gasteiger partial charge in [0.15, 0.2) is 22.5 Å². The third-order valence-corrected chi connectivity index (χ3v) is 7.34. The summed E-state index contributed by atoms with van der Waals surface area (Å²) in [6, 6.07) is 1.43. The Hall–Kier alpha value is -4.13. The molecule has 6 rings (SSSR count). The van der Waals surface area contributed by atoms with Gasteiger partial charge in [0, 0.05) is 23.1 Å². The van der Waals surface area contributed by atoms with E-state index in [4.69, 9.17) is 13.9 Å². The highest BCUT2D eigenvalue weighted by Crippen LogP contribution is 2.57. The Bertz CT molecular complexity index is 1680. The molecule has 7 heteroatoms. The van der Waals surface area contributed by atoms with Gasteiger partial charge in [-0.2, -0.15) is 0 Å². The van der Waals surface area contributed by atoms with Crippen LogP contribution in [0.3, 0.4) is 0 Å². The van der Waals surface area contributed by atoms with E-state index in [1.807, 2.05) is 33.8 Å². The number of allylic oxidation sites excluding steroid dienone is 1. The minimum Gasteiger partial charge on any atom is -0.507 e. The van der Waals surface area contributed by atoms with Crippen LogP contribution in [0.25, 0.3) is 34.4 Å². The highest BCUT2D eigenvalue weighted by atomic mass is 16.5. The zero-order chi connectivity index (χ0) is 26.6. The second kappa shape index (κ2) is 7.22. The quantitative estimate of drug-likeness (QED) is 0.271. The number of fused-ring (bicyclic) bond motifs is 7. The Kier molecular flexibility index (Phi) is 4.54. The maximum absolute atomic E-state index is 13.9. The van der Waals surface area contributed by atoms with E-state index in [0.29, 0.717) is 33.6 Å². The van der Waals surface area contributed by atoms with E-state index in [1.54, 1.807) is 25.2 Å². The molecule has 0 radical (unpaired) electrons. The smallest absolute Gasteiger partial charge is 0.200 e. The van der Waals surface area contributed by atoms with Gasteiger partial charge in [0.25, 0.3) is 0 Å². The van der Waals surface area contributed by atoms with Gasteiger partial charge >= 0.3 is 0 Å². The molecule has 0 spiro atoms. The second-order valence-corrected chi connectivity index (χ2v) is 11.2. The molecular formula is C30H28O7. The third-order valence-electron chi connectivity index (χ3n) is 7.34. The van der Waals surface area contributed by atoms with Gasteiger partial charge in [0.1, 0.15) is 39.6 Å². The van der Waals surface area contributed by atoms with E-state index in [9.17, 15) is 20.1 Å². The molecule has 0 fully saturated rings. The summed E-state index contributed by atoms with van der Waals surface area (Å²) in [5.74, 6) is -0.311. The minimum absolute atomic E-state index is 0.0426. The Morgan fingerprint density at radius 1 is 1.00 bits per heavy atom. The lowest BCUT2D eigenvalue weighted by molar-refractivity contribution is 0.151. The molecule has 3 N–H and O–H groups in total. The van der Waals surface area contributed by atoms with Crippen molar-refractivity contribution in [3.8, 4) is 40.1 Å². The van der Waals surface area contributed by atoms with E-state index in [-0.39, 0.29) is 51.7 Å². The average Bonchev–Trinajstić information content (AvgIpc) is 2.80. The molecule has 2 aliphatic heterocycles. The van der Waals surface area contributed by atoms with Gasteiger partial charge in [-0.1, -0.05) is 12.2 Å². The highest BCUT2D eigenvalue weighted by molar-refractivity contribution is 5.97. The molecule has 0 bridgehead atoms. The highest BCUT2D eigenvalue weighted by Gasteiger charge is 2.40. The first-order chi connectivity index (χ1) is 17.3. The SMILES string of the molecule is C=C(C)C1Cc2c(oc3c4c(cc(O)c3c2=O)OC(C)(C)C=C4)-c2c(O)c3c(c(O)c21)OC(C)(C)C=C3. The van der Waals surface area contributed by atoms with Crippen LogP contribution >= 0.6 is 0 Å². The number of ether oxygens (including phenoxy) is 2. The first-order valence-electron chi connectivity index (χ1n) is 12.2. The van der Waals surface area contributed by atoms with Crippen LogP contribution in [0, 0.1) is 0 Å². The summed E-state index contributed by atoms with van der Waals surface area (Å²) in [7, 11) is 0. The molecule has 7 nitrogen and oxygen atoms in total. The van der Waals surface area contributed by atoms with Gasteiger partial charge < -0.3 is 29.2 Å². The summed E-state index contributed by atoms with van der Waals surface area (Å²) >= 11 is 0. The monoisotopic (exact) mass is 500 g/mol. The van der Waals surface area contributed by atoms with Crippen LogP contribution in [0.5, 0.6) is 28.7 Å². The molecule has 37 heavy (non-hydrogen) atoms. The molecule has 1 atom stereocenters. The molecule has 0 amide bonds. The van der Waals surface area contributed by atoms with Crippen molar-refractivity contribution in [1.82, 2.24) is 0 Å². The minimum atomic E-state index is -0.685. The molecule has 2 aromatic carbocycles. The van der Waals surface area contributed by atoms with Gasteiger partial charge in [0.05, 0.1) is 16.7 Å². The lowest BCUT2D eigenvalue weighted by Gasteiger charge is -2.34. The molecule has 3 aliphatic rings. The van der Waals surface area contributed by atoms with Crippen molar-refractivity contribution < 1.29 is 29.2 Å². The largest absolute Gasteiger partial charge is 0.507 e. The molecular weight excluding hydrogens is 472 g/mol. The van der Waals surface area contributed by atoms with Crippen LogP contribution in [-0.2, 0) is 6.42 Å². The fraction of sp³-hybridized carbons (Fsp3) is 0.300. The maximum Gasteiger partial charge on any atom is 0.200 e. The number of phenols is 3. The zero-order valence-corrected chi connectivity index (χ0v) is 21.4. The van der Waals surface area contributed by atoms with Crippen LogP contribution < -0.4 is 14.9 Å². The van der Waals surface area contributed by atoms with Crippen LogP contribution in [0.15, 0.2) is 39.6 Å². The summed E-state index contributed by atoms with van der Waals surface area (Å²) in [6.45, 7) is 13.4. The van der Waals surface area contributed by atoms with Crippen molar-refractivity contribution in [3.63, 3.8) is 0 Å². The Morgan fingerprint density at radius 2 is 1.65 bits per heavy atom. The average molecular weight is 501 g/mol. The molecule has 1 aliphatic carbocycles. The van der Waals surface area contributed by atoms with Crippen LogP contribution in [-0.4, -0.2) is 26.5 Å². The molecule has 1 aromatic heterocycles. The second-order valence-electron chi connectivity index (χ2n) is 11.2. The number of hydrogen-bond donors (Lipinski definition) is 3. The van der Waals surface area contributed by atoms with Gasteiger partial charge in [-0.05, 0) is 65.3 Å². The topological polar surface area (TPSA) is 109 Å². The third kappa shape index (κ3) is 3.23. The van der Waals surface area contributed by atoms with E-state index in [0.717, 1.165) is 0 Å². The van der Waals surface area contributed by atoms with Crippen LogP contribution in [0.2, 0.25) is 0 Å². The summed E-state index contributed by atoms with van der Waals surface area (Å²) in [6.07, 6.45) is 7.31. The number of aromatic hydroxyl groups is 3. The van der Waals surface area contributed by atoms with Crippen molar-refractivity contribution >= 4 is 23.1 Å². The normalized spacial score (nSPS) is 19.8. The van der Waals surface area contributed by atoms with Gasteiger partial charge in [-0.25, -0.2) is 0 Å². The number of rotatable bonds is 1. The molecule has 0 saturated heterocycles. The van der Waals surface area contributed by atoms with Crippen LogP contribution in [0.4, 0.5) is 0 Å². The number of hydrogen-bond acceptors (Lipinski definition) is 7. The van der Waals surface area contributed by atoms with Crippen molar-refractivity contribution in [3.05, 3.63) is 62.8 Å². The first kappa shape index (κ1) is 23.3. The van der Waals surface area contributed by atoms with Gasteiger partial charge in [-0.3, -0.25) is 4.79 Å². The number of benzene rings is 2. The fourth-order valence-corrected chi connectivity index (χ4v) is 5.48. The predicted molar refractivity (Wildman–Crippen MR) is 142 cm³/mol. The summed E-state index contributed by atoms with van der Waals surface area (Å²) in [5, 5.41) is 33.9. The summed E-state index contributed by atoms with van der Waals surface area (Å²) < 4.78 is 18.4. The Balaban J connectivity index is 1.74. The summed E-state index contributed by atoms with van der Waals surface area (Å²) in [4.78, 5) is 13.9. The molecule has 3 aromatic rings. The summed E-state index contributed by atoms with van der Waals surface area (Å²) in [5.41, 5.74) is 0.868. The van der Waals surface area contributed by atoms with Gasteiger partial charge in [0.2, 0.25) is 0 Å². The predicted octanol–water partition coefficient (Wildman–Crippen LogP) is 6.16. The fourth-order valence-electron chi connectivity index (χ4n) is 5.48. The standard InChI is InChI=1S/C30H28O7/c1-13(2)16-11-17-24(33)21-18(31)12-19-14(7-9-29(3,4)36-19)26(21)35-27(17)22-20(16)25(34)28-15(23(22)32)8-10-30(5,6)37-28/h7-10,12,16,31-32,34H,1,11H2,2-6H3. The number of phenolic OH excluding ortho intramolecular Hbond substituents is 3. The van der Waals surface area contributed by atoms with Crippen molar-refractivity contribution in [1.29, 1.82) is 0 Å².